The van der Waals surface area contributed by atoms with Gasteiger partial charge in [-0.3, -0.25) is 4.79 Å². The van der Waals surface area contributed by atoms with E-state index in [1.54, 1.807) is 36.4 Å². The summed E-state index contributed by atoms with van der Waals surface area (Å²) in [5, 5.41) is 0. The fourth-order valence-corrected chi connectivity index (χ4v) is 3.38. The molecule has 0 N–H and O–H groups in total. The van der Waals surface area contributed by atoms with Gasteiger partial charge in [0.05, 0.1) is 0 Å². The Hall–Kier alpha value is -4.44. The second-order valence-corrected chi connectivity index (χ2v) is 7.77. The standard InChI is InChI=1S/C30H24O4/c1-22-20-26(30(32)25-10-6-3-7-11-25)15-18-28(22)34-29(31)19-14-23-12-16-27(17-13-23)33-21-24-8-4-2-5-9-24/h2-20H,21H2,1H3/b19-14+. The number of esters is 1. The van der Waals surface area contributed by atoms with Crippen LogP contribution < -0.4 is 9.47 Å². The molecule has 4 aromatic carbocycles. The van der Waals surface area contributed by atoms with E-state index in [2.05, 4.69) is 0 Å². The maximum atomic E-state index is 12.6. The molecule has 34 heavy (non-hydrogen) atoms. The molecule has 0 heterocycles. The summed E-state index contributed by atoms with van der Waals surface area (Å²) in [6.45, 7) is 2.31. The Morgan fingerprint density at radius 3 is 2.12 bits per heavy atom. The molecule has 0 fully saturated rings. The van der Waals surface area contributed by atoms with Crippen LogP contribution in [0.15, 0.2) is 109 Å². The van der Waals surface area contributed by atoms with Gasteiger partial charge >= 0.3 is 5.97 Å². The molecule has 0 saturated carbocycles. The van der Waals surface area contributed by atoms with Gasteiger partial charge < -0.3 is 9.47 Å². The van der Waals surface area contributed by atoms with Crippen LogP contribution in [-0.4, -0.2) is 11.8 Å². The summed E-state index contributed by atoms with van der Waals surface area (Å²) in [5.74, 6) is 0.612. The maximum absolute atomic E-state index is 12.6. The molecule has 4 rings (SSSR count). The van der Waals surface area contributed by atoms with Crippen molar-refractivity contribution in [2.24, 2.45) is 0 Å². The highest BCUT2D eigenvalue weighted by Crippen LogP contribution is 2.22. The molecular formula is C30H24O4. The second kappa shape index (κ2) is 10.9. The van der Waals surface area contributed by atoms with E-state index in [-0.39, 0.29) is 5.78 Å². The average Bonchev–Trinajstić information content (AvgIpc) is 2.89. The lowest BCUT2D eigenvalue weighted by molar-refractivity contribution is -0.128. The number of benzene rings is 4. The molecule has 0 atom stereocenters. The van der Waals surface area contributed by atoms with Crippen LogP contribution in [0, 0.1) is 6.92 Å². The third kappa shape index (κ3) is 6.08. The first-order valence-corrected chi connectivity index (χ1v) is 11.0. The number of hydrogen-bond acceptors (Lipinski definition) is 4. The highest BCUT2D eigenvalue weighted by Gasteiger charge is 2.12. The van der Waals surface area contributed by atoms with E-state index in [0.717, 1.165) is 16.9 Å². The average molecular weight is 449 g/mol. The molecule has 0 unspecified atom stereocenters. The normalized spacial score (nSPS) is 10.7. The van der Waals surface area contributed by atoms with Crippen LogP contribution >= 0.6 is 0 Å². The summed E-state index contributed by atoms with van der Waals surface area (Å²) >= 11 is 0. The molecule has 0 aliphatic carbocycles. The van der Waals surface area contributed by atoms with E-state index in [0.29, 0.717) is 29.0 Å². The Kier molecular flexibility index (Phi) is 7.31. The zero-order valence-corrected chi connectivity index (χ0v) is 18.8. The first-order valence-electron chi connectivity index (χ1n) is 11.0. The van der Waals surface area contributed by atoms with Gasteiger partial charge in [0.15, 0.2) is 5.78 Å². The molecule has 168 valence electrons. The van der Waals surface area contributed by atoms with Gasteiger partial charge in [0.25, 0.3) is 0 Å². The summed E-state index contributed by atoms with van der Waals surface area (Å²) in [7, 11) is 0. The van der Waals surface area contributed by atoms with E-state index in [9.17, 15) is 9.59 Å². The molecule has 4 aromatic rings. The Labute approximate surface area is 199 Å². The van der Waals surface area contributed by atoms with Gasteiger partial charge in [0.1, 0.15) is 18.1 Å². The van der Waals surface area contributed by atoms with Crippen molar-refractivity contribution >= 4 is 17.8 Å². The van der Waals surface area contributed by atoms with E-state index >= 15 is 0 Å². The van der Waals surface area contributed by atoms with Crippen molar-refractivity contribution < 1.29 is 19.1 Å². The number of hydrogen-bond donors (Lipinski definition) is 0. The van der Waals surface area contributed by atoms with Crippen LogP contribution in [-0.2, 0) is 11.4 Å². The van der Waals surface area contributed by atoms with Crippen LogP contribution in [0.1, 0.15) is 32.6 Å². The topological polar surface area (TPSA) is 52.6 Å². The Bertz CT molecular complexity index is 1290. The van der Waals surface area contributed by atoms with E-state index in [4.69, 9.17) is 9.47 Å². The van der Waals surface area contributed by atoms with Crippen LogP contribution in [0.3, 0.4) is 0 Å². The minimum absolute atomic E-state index is 0.0716. The lowest BCUT2D eigenvalue weighted by Gasteiger charge is -2.08. The number of ether oxygens (including phenoxy) is 2. The maximum Gasteiger partial charge on any atom is 0.336 e. The van der Waals surface area contributed by atoms with Crippen molar-refractivity contribution in [3.05, 3.63) is 137 Å². The van der Waals surface area contributed by atoms with Crippen molar-refractivity contribution in [3.8, 4) is 11.5 Å². The Balaban J connectivity index is 1.33. The highest BCUT2D eigenvalue weighted by molar-refractivity contribution is 6.09. The fourth-order valence-electron chi connectivity index (χ4n) is 3.38. The monoisotopic (exact) mass is 448 g/mol. The van der Waals surface area contributed by atoms with Gasteiger partial charge in [-0.15, -0.1) is 0 Å². The van der Waals surface area contributed by atoms with E-state index in [1.165, 1.54) is 6.08 Å². The van der Waals surface area contributed by atoms with Crippen LogP contribution in [0.4, 0.5) is 0 Å². The van der Waals surface area contributed by atoms with Gasteiger partial charge in [-0.25, -0.2) is 4.79 Å². The SMILES string of the molecule is Cc1cc(C(=O)c2ccccc2)ccc1OC(=O)/C=C/c1ccc(OCc2ccccc2)cc1. The molecule has 0 radical (unpaired) electrons. The lowest BCUT2D eigenvalue weighted by Crippen LogP contribution is -2.06. The quantitative estimate of drug-likeness (QED) is 0.135. The minimum Gasteiger partial charge on any atom is -0.489 e. The summed E-state index contributed by atoms with van der Waals surface area (Å²) in [6.07, 6.45) is 3.06. The predicted molar refractivity (Wildman–Crippen MR) is 133 cm³/mol. The zero-order valence-electron chi connectivity index (χ0n) is 18.8. The molecule has 0 amide bonds. The van der Waals surface area contributed by atoms with Crippen molar-refractivity contribution in [3.63, 3.8) is 0 Å². The molecule has 0 bridgehead atoms. The molecule has 4 heteroatoms. The van der Waals surface area contributed by atoms with Gasteiger partial charge in [0, 0.05) is 17.2 Å². The molecule has 0 aromatic heterocycles. The van der Waals surface area contributed by atoms with Crippen molar-refractivity contribution in [1.29, 1.82) is 0 Å². The molecular weight excluding hydrogens is 424 g/mol. The van der Waals surface area contributed by atoms with Gasteiger partial charge in [-0.05, 0) is 60.0 Å². The van der Waals surface area contributed by atoms with Crippen molar-refractivity contribution in [2.75, 3.05) is 0 Å². The Morgan fingerprint density at radius 2 is 1.44 bits per heavy atom. The first kappa shape index (κ1) is 22.7. The summed E-state index contributed by atoms with van der Waals surface area (Å²) in [4.78, 5) is 24.9. The molecule has 0 spiro atoms. The first-order chi connectivity index (χ1) is 16.6. The third-order valence-corrected chi connectivity index (χ3v) is 5.22. The largest absolute Gasteiger partial charge is 0.489 e. The van der Waals surface area contributed by atoms with Crippen LogP contribution in [0.25, 0.3) is 6.08 Å². The number of carbonyl (C=O) groups is 2. The Morgan fingerprint density at radius 1 is 0.765 bits per heavy atom. The molecule has 0 saturated heterocycles. The number of rotatable bonds is 8. The fraction of sp³-hybridized carbons (Fsp3) is 0.0667. The minimum atomic E-state index is -0.491. The summed E-state index contributed by atoms with van der Waals surface area (Å²) < 4.78 is 11.2. The third-order valence-electron chi connectivity index (χ3n) is 5.22. The van der Waals surface area contributed by atoms with Gasteiger partial charge in [-0.1, -0.05) is 72.8 Å². The molecule has 0 aliphatic rings. The van der Waals surface area contributed by atoms with Crippen LogP contribution in [0.2, 0.25) is 0 Å². The van der Waals surface area contributed by atoms with Crippen molar-refractivity contribution in [2.45, 2.75) is 13.5 Å². The van der Waals surface area contributed by atoms with Crippen LogP contribution in [0.5, 0.6) is 11.5 Å². The van der Waals surface area contributed by atoms with Gasteiger partial charge in [-0.2, -0.15) is 0 Å². The van der Waals surface area contributed by atoms with Gasteiger partial charge in [0.2, 0.25) is 0 Å². The molecule has 0 aliphatic heterocycles. The second-order valence-electron chi connectivity index (χ2n) is 7.77. The van der Waals surface area contributed by atoms with Crippen molar-refractivity contribution in [1.82, 2.24) is 0 Å². The summed E-state index contributed by atoms with van der Waals surface area (Å²) in [6, 6.07) is 31.5. The van der Waals surface area contributed by atoms with E-state index < -0.39 is 5.97 Å². The van der Waals surface area contributed by atoms with E-state index in [1.807, 2.05) is 79.7 Å². The molecule has 4 nitrogen and oxygen atoms in total. The lowest BCUT2D eigenvalue weighted by atomic mass is 10.0. The smallest absolute Gasteiger partial charge is 0.336 e. The number of carbonyl (C=O) groups excluding carboxylic acids is 2. The number of aryl methyl sites for hydroxylation is 1. The zero-order chi connectivity index (χ0) is 23.8. The summed E-state index contributed by atoms with van der Waals surface area (Å²) in [5.41, 5.74) is 3.83. The number of ketones is 1. The highest BCUT2D eigenvalue weighted by atomic mass is 16.5. The predicted octanol–water partition coefficient (Wildman–Crippen LogP) is 6.42.